The minimum absolute atomic E-state index is 0.248. The van der Waals surface area contributed by atoms with Gasteiger partial charge in [0.1, 0.15) is 0 Å². The highest BCUT2D eigenvalue weighted by Crippen LogP contribution is 2.62. The highest BCUT2D eigenvalue weighted by atomic mass is 35.5. The van der Waals surface area contributed by atoms with Crippen LogP contribution in [0.25, 0.3) is 44.8 Å². The molecule has 2 aliphatic rings. The van der Waals surface area contributed by atoms with E-state index in [1.54, 1.807) is 0 Å². The number of benzene rings is 5. The smallest absolute Gasteiger partial charge is 0.218 e. The second-order valence-electron chi connectivity index (χ2n) is 9.92. The van der Waals surface area contributed by atoms with Gasteiger partial charge in [0.05, 0.1) is 16.8 Å². The zero-order valence-corrected chi connectivity index (χ0v) is 21.2. The van der Waals surface area contributed by atoms with Gasteiger partial charge in [-0.15, -0.1) is 0 Å². The summed E-state index contributed by atoms with van der Waals surface area (Å²) in [6.07, 6.45) is 0. The van der Waals surface area contributed by atoms with E-state index in [2.05, 4.69) is 101 Å². The van der Waals surface area contributed by atoms with E-state index >= 15 is 0 Å². The molecule has 0 bridgehead atoms. The van der Waals surface area contributed by atoms with Crippen LogP contribution in [-0.2, 0) is 5.41 Å². The molecular weight excluding hydrogens is 484 g/mol. The monoisotopic (exact) mass is 504 g/mol. The first kappa shape index (κ1) is 21.5. The van der Waals surface area contributed by atoms with E-state index in [1.165, 1.54) is 44.5 Å². The van der Waals surface area contributed by atoms with Gasteiger partial charge in [0.25, 0.3) is 0 Å². The first-order chi connectivity index (χ1) is 18.7. The zero-order valence-electron chi connectivity index (χ0n) is 20.4. The molecule has 0 fully saturated rings. The number of nitrogens with zero attached hydrogens (tertiary/aromatic N) is 2. The molecule has 2 aliphatic carbocycles. The van der Waals surface area contributed by atoms with Crippen LogP contribution < -0.4 is 0 Å². The molecule has 1 spiro atoms. The molecule has 6 aromatic rings. The summed E-state index contributed by atoms with van der Waals surface area (Å²) in [5.74, 6) is 0. The van der Waals surface area contributed by atoms with Crippen molar-refractivity contribution >= 4 is 11.6 Å². The molecule has 2 nitrogen and oxygen atoms in total. The Labute approximate surface area is 226 Å². The average molecular weight is 505 g/mol. The average Bonchev–Trinajstić information content (AvgIpc) is 3.44. The standard InChI is InChI=1S/C35H21ClN2/c36-34-37-32(22-10-2-1-3-11-22)21-33(38-34)23-18-19-31-27(20-23)26-14-6-9-17-30(26)35(31)28-15-7-4-12-24(28)25-13-5-8-16-29(25)35/h1-21H. The Bertz CT molecular complexity index is 1850. The van der Waals surface area contributed by atoms with Crippen molar-refractivity contribution in [1.29, 1.82) is 0 Å². The van der Waals surface area contributed by atoms with E-state index in [-0.39, 0.29) is 10.7 Å². The number of hydrogen-bond donors (Lipinski definition) is 0. The third kappa shape index (κ3) is 2.84. The van der Waals surface area contributed by atoms with Gasteiger partial charge in [0.2, 0.25) is 5.28 Å². The van der Waals surface area contributed by atoms with Crippen LogP contribution in [0.1, 0.15) is 22.3 Å². The van der Waals surface area contributed by atoms with Crippen molar-refractivity contribution in [2.24, 2.45) is 0 Å². The van der Waals surface area contributed by atoms with Gasteiger partial charge in [-0.2, -0.15) is 0 Å². The van der Waals surface area contributed by atoms with Crippen LogP contribution >= 0.6 is 11.6 Å². The van der Waals surface area contributed by atoms with Crippen LogP contribution in [0.2, 0.25) is 5.28 Å². The highest BCUT2D eigenvalue weighted by molar-refractivity contribution is 6.28. The number of aromatic nitrogens is 2. The summed E-state index contributed by atoms with van der Waals surface area (Å²) in [6.45, 7) is 0. The molecule has 0 radical (unpaired) electrons. The molecule has 0 unspecified atom stereocenters. The summed E-state index contributed by atoms with van der Waals surface area (Å²) in [7, 11) is 0. The largest absolute Gasteiger partial charge is 0.223 e. The van der Waals surface area contributed by atoms with E-state index in [9.17, 15) is 0 Å². The van der Waals surface area contributed by atoms with Crippen LogP contribution in [0.3, 0.4) is 0 Å². The molecule has 0 aliphatic heterocycles. The molecule has 1 aromatic heterocycles. The SMILES string of the molecule is Clc1nc(-c2ccccc2)cc(-c2ccc3c(c2)-c2ccccc2C32c3ccccc3-c3ccccc32)n1. The predicted octanol–water partition coefficient (Wildman–Crippen LogP) is 8.81. The van der Waals surface area contributed by atoms with Gasteiger partial charge in [-0.05, 0) is 68.2 Å². The number of fused-ring (bicyclic) bond motifs is 10. The fourth-order valence-electron chi connectivity index (χ4n) is 6.58. The molecule has 3 heteroatoms. The lowest BCUT2D eigenvalue weighted by atomic mass is 9.70. The molecule has 178 valence electrons. The molecule has 1 heterocycles. The molecule has 0 amide bonds. The Morgan fingerprint density at radius 1 is 0.421 bits per heavy atom. The van der Waals surface area contributed by atoms with Gasteiger partial charge in [0, 0.05) is 11.1 Å². The van der Waals surface area contributed by atoms with E-state index in [0.29, 0.717) is 0 Å². The fourth-order valence-corrected chi connectivity index (χ4v) is 6.76. The Kier molecular flexibility index (Phi) is 4.53. The zero-order chi connectivity index (χ0) is 25.3. The fraction of sp³-hybridized carbons (Fsp3) is 0.0286. The number of rotatable bonds is 2. The summed E-state index contributed by atoms with van der Waals surface area (Å²) >= 11 is 6.44. The predicted molar refractivity (Wildman–Crippen MR) is 154 cm³/mol. The van der Waals surface area contributed by atoms with Gasteiger partial charge in [-0.3, -0.25) is 0 Å². The van der Waals surface area contributed by atoms with Crippen LogP contribution in [-0.4, -0.2) is 9.97 Å². The molecule has 8 rings (SSSR count). The van der Waals surface area contributed by atoms with Crippen molar-refractivity contribution < 1.29 is 0 Å². The van der Waals surface area contributed by atoms with Crippen LogP contribution in [0, 0.1) is 0 Å². The topological polar surface area (TPSA) is 25.8 Å². The molecular formula is C35H21ClN2. The third-order valence-electron chi connectivity index (χ3n) is 8.06. The van der Waals surface area contributed by atoms with E-state index in [1.807, 2.05) is 36.4 Å². The summed E-state index contributed by atoms with van der Waals surface area (Å²) in [6, 6.07) is 45.4. The Hall–Kier alpha value is -4.53. The summed E-state index contributed by atoms with van der Waals surface area (Å²) < 4.78 is 0. The second-order valence-corrected chi connectivity index (χ2v) is 10.3. The Morgan fingerprint density at radius 2 is 0.895 bits per heavy atom. The molecule has 0 atom stereocenters. The quantitative estimate of drug-likeness (QED) is 0.220. The Balaban J connectivity index is 1.39. The second kappa shape index (κ2) is 7.98. The molecule has 5 aromatic carbocycles. The minimum Gasteiger partial charge on any atom is -0.218 e. The van der Waals surface area contributed by atoms with Gasteiger partial charge in [0.15, 0.2) is 0 Å². The summed E-state index contributed by atoms with van der Waals surface area (Å²) in [4.78, 5) is 9.13. The summed E-state index contributed by atoms with van der Waals surface area (Å²) in [5.41, 5.74) is 13.8. The maximum Gasteiger partial charge on any atom is 0.223 e. The first-order valence-corrected chi connectivity index (χ1v) is 13.2. The van der Waals surface area contributed by atoms with Crippen molar-refractivity contribution in [1.82, 2.24) is 9.97 Å². The van der Waals surface area contributed by atoms with Crippen LogP contribution in [0.5, 0.6) is 0 Å². The molecule has 0 saturated carbocycles. The van der Waals surface area contributed by atoms with Crippen LogP contribution in [0.4, 0.5) is 0 Å². The van der Waals surface area contributed by atoms with E-state index < -0.39 is 0 Å². The van der Waals surface area contributed by atoms with Gasteiger partial charge in [-0.25, -0.2) is 9.97 Å². The van der Waals surface area contributed by atoms with E-state index in [4.69, 9.17) is 11.6 Å². The van der Waals surface area contributed by atoms with Crippen molar-refractivity contribution in [2.45, 2.75) is 5.41 Å². The van der Waals surface area contributed by atoms with Gasteiger partial charge < -0.3 is 0 Å². The normalized spacial score (nSPS) is 13.6. The van der Waals surface area contributed by atoms with E-state index in [0.717, 1.165) is 22.5 Å². The van der Waals surface area contributed by atoms with Crippen molar-refractivity contribution in [3.8, 4) is 44.8 Å². The van der Waals surface area contributed by atoms with Crippen LogP contribution in [0.15, 0.2) is 127 Å². The van der Waals surface area contributed by atoms with Crippen molar-refractivity contribution in [3.05, 3.63) is 155 Å². The van der Waals surface area contributed by atoms with Gasteiger partial charge in [-0.1, -0.05) is 115 Å². The molecule has 0 saturated heterocycles. The first-order valence-electron chi connectivity index (χ1n) is 12.8. The molecule has 38 heavy (non-hydrogen) atoms. The maximum atomic E-state index is 6.44. The van der Waals surface area contributed by atoms with Crippen molar-refractivity contribution in [3.63, 3.8) is 0 Å². The number of halogens is 1. The maximum absolute atomic E-state index is 6.44. The Morgan fingerprint density at radius 3 is 1.50 bits per heavy atom. The lowest BCUT2D eigenvalue weighted by Gasteiger charge is -2.30. The number of hydrogen-bond acceptors (Lipinski definition) is 2. The van der Waals surface area contributed by atoms with Gasteiger partial charge >= 0.3 is 0 Å². The lowest BCUT2D eigenvalue weighted by molar-refractivity contribution is 0.794. The summed E-state index contributed by atoms with van der Waals surface area (Å²) in [5, 5.41) is 0.248. The lowest BCUT2D eigenvalue weighted by Crippen LogP contribution is -2.25. The highest BCUT2D eigenvalue weighted by Gasteiger charge is 2.51. The minimum atomic E-state index is -0.337. The van der Waals surface area contributed by atoms with Crippen molar-refractivity contribution in [2.75, 3.05) is 0 Å². The third-order valence-corrected chi connectivity index (χ3v) is 8.23. The molecule has 0 N–H and O–H groups in total.